The van der Waals surface area contributed by atoms with Crippen molar-refractivity contribution in [1.82, 2.24) is 14.8 Å². The van der Waals surface area contributed by atoms with Gasteiger partial charge in [0.25, 0.3) is 11.8 Å². The van der Waals surface area contributed by atoms with E-state index in [1.165, 1.54) is 16.9 Å². The van der Waals surface area contributed by atoms with Gasteiger partial charge in [-0.25, -0.2) is 4.68 Å². The van der Waals surface area contributed by atoms with Crippen LogP contribution in [0.25, 0.3) is 5.69 Å². The number of benzene rings is 1. The van der Waals surface area contributed by atoms with Crippen molar-refractivity contribution in [3.05, 3.63) is 70.7 Å². The van der Waals surface area contributed by atoms with Crippen molar-refractivity contribution in [3.63, 3.8) is 0 Å². The Morgan fingerprint density at radius 3 is 2.67 bits per heavy atom. The van der Waals surface area contributed by atoms with E-state index in [9.17, 15) is 9.59 Å². The molecule has 0 unspecified atom stereocenters. The van der Waals surface area contributed by atoms with Crippen LogP contribution in [0.5, 0.6) is 0 Å². The number of amides is 2. The zero-order valence-corrected chi connectivity index (χ0v) is 13.9. The second-order valence-corrected chi connectivity index (χ2v) is 5.79. The number of hydrogen-bond acceptors (Lipinski definition) is 4. The molecule has 2 heterocycles. The van der Waals surface area contributed by atoms with Gasteiger partial charge in [-0.1, -0.05) is 12.1 Å². The highest BCUT2D eigenvalue weighted by Gasteiger charge is 2.12. The molecule has 0 atom stereocenters. The molecule has 0 saturated carbocycles. The SMILES string of the molecule is NC(=O)c1ccn(-c2ccccc2NC(=O)c2cncc(Br)c2)n1. The maximum absolute atomic E-state index is 12.4. The number of nitrogens with zero attached hydrogens (tertiary/aromatic N) is 3. The summed E-state index contributed by atoms with van der Waals surface area (Å²) >= 11 is 3.28. The minimum absolute atomic E-state index is 0.146. The average molecular weight is 386 g/mol. The molecular formula is C16H12BrN5O2. The number of rotatable bonds is 4. The fourth-order valence-electron chi connectivity index (χ4n) is 2.10. The lowest BCUT2D eigenvalue weighted by atomic mass is 10.2. The zero-order valence-electron chi connectivity index (χ0n) is 12.3. The minimum atomic E-state index is -0.615. The lowest BCUT2D eigenvalue weighted by Gasteiger charge is -2.11. The summed E-state index contributed by atoms with van der Waals surface area (Å²) in [6.45, 7) is 0. The Morgan fingerprint density at radius 1 is 1.17 bits per heavy atom. The third-order valence-corrected chi connectivity index (χ3v) is 3.64. The van der Waals surface area contributed by atoms with Crippen molar-refractivity contribution in [2.75, 3.05) is 5.32 Å². The summed E-state index contributed by atoms with van der Waals surface area (Å²) in [4.78, 5) is 27.6. The largest absolute Gasteiger partial charge is 0.364 e. The lowest BCUT2D eigenvalue weighted by molar-refractivity contribution is 0.0992. The van der Waals surface area contributed by atoms with Crippen LogP contribution in [-0.4, -0.2) is 26.6 Å². The summed E-state index contributed by atoms with van der Waals surface area (Å²) in [5, 5.41) is 6.92. The third kappa shape index (κ3) is 3.33. The van der Waals surface area contributed by atoms with Gasteiger partial charge in [0.05, 0.1) is 16.9 Å². The first-order valence-electron chi connectivity index (χ1n) is 6.91. The Balaban J connectivity index is 1.91. The Labute approximate surface area is 145 Å². The molecule has 120 valence electrons. The van der Waals surface area contributed by atoms with Gasteiger partial charge in [0.2, 0.25) is 0 Å². The number of nitrogens with one attached hydrogen (secondary N) is 1. The normalized spacial score (nSPS) is 10.4. The van der Waals surface area contributed by atoms with Crippen molar-refractivity contribution in [2.45, 2.75) is 0 Å². The molecule has 8 heteroatoms. The number of halogens is 1. The topological polar surface area (TPSA) is 103 Å². The summed E-state index contributed by atoms with van der Waals surface area (Å²) in [6, 6.07) is 10.3. The first-order valence-corrected chi connectivity index (χ1v) is 7.70. The van der Waals surface area contributed by atoms with Crippen LogP contribution >= 0.6 is 15.9 Å². The smallest absolute Gasteiger partial charge is 0.269 e. The molecule has 7 nitrogen and oxygen atoms in total. The monoisotopic (exact) mass is 385 g/mol. The van der Waals surface area contributed by atoms with Crippen LogP contribution in [0, 0.1) is 0 Å². The van der Waals surface area contributed by atoms with Gasteiger partial charge in [0.15, 0.2) is 0 Å². The molecular weight excluding hydrogens is 374 g/mol. The number of pyridine rings is 1. The summed E-state index contributed by atoms with van der Waals surface area (Å²) < 4.78 is 2.19. The van der Waals surface area contributed by atoms with Crippen LogP contribution in [0.3, 0.4) is 0 Å². The van der Waals surface area contributed by atoms with E-state index in [-0.39, 0.29) is 11.6 Å². The van der Waals surface area contributed by atoms with Crippen molar-refractivity contribution in [2.24, 2.45) is 5.73 Å². The average Bonchev–Trinajstić information content (AvgIpc) is 3.05. The molecule has 0 fully saturated rings. The van der Waals surface area contributed by atoms with Gasteiger partial charge < -0.3 is 11.1 Å². The predicted molar refractivity (Wildman–Crippen MR) is 92.0 cm³/mol. The van der Waals surface area contributed by atoms with Crippen LogP contribution in [-0.2, 0) is 0 Å². The molecule has 2 aromatic heterocycles. The van der Waals surface area contributed by atoms with Crippen molar-refractivity contribution in [1.29, 1.82) is 0 Å². The second kappa shape index (κ2) is 6.63. The van der Waals surface area contributed by atoms with Gasteiger partial charge >= 0.3 is 0 Å². The van der Waals surface area contributed by atoms with E-state index >= 15 is 0 Å². The van der Waals surface area contributed by atoms with Crippen molar-refractivity contribution >= 4 is 33.4 Å². The number of hydrogen-bond donors (Lipinski definition) is 2. The number of nitrogens with two attached hydrogens (primary N) is 1. The van der Waals surface area contributed by atoms with Crippen molar-refractivity contribution < 1.29 is 9.59 Å². The van der Waals surface area contributed by atoms with E-state index in [1.54, 1.807) is 42.7 Å². The first-order chi connectivity index (χ1) is 11.5. The van der Waals surface area contributed by atoms with Gasteiger partial charge in [0.1, 0.15) is 5.69 Å². The minimum Gasteiger partial charge on any atom is -0.364 e. The molecule has 3 aromatic rings. The molecule has 24 heavy (non-hydrogen) atoms. The van der Waals surface area contributed by atoms with E-state index in [0.717, 1.165) is 0 Å². The van der Waals surface area contributed by atoms with E-state index in [1.807, 2.05) is 0 Å². The maximum Gasteiger partial charge on any atom is 0.269 e. The zero-order chi connectivity index (χ0) is 17.1. The Kier molecular flexibility index (Phi) is 4.39. The van der Waals surface area contributed by atoms with Crippen LogP contribution < -0.4 is 11.1 Å². The summed E-state index contributed by atoms with van der Waals surface area (Å²) in [7, 11) is 0. The number of carbonyl (C=O) groups excluding carboxylic acids is 2. The highest BCUT2D eigenvalue weighted by atomic mass is 79.9. The third-order valence-electron chi connectivity index (χ3n) is 3.21. The van der Waals surface area contributed by atoms with Crippen LogP contribution in [0.1, 0.15) is 20.8 Å². The van der Waals surface area contributed by atoms with E-state index < -0.39 is 5.91 Å². The number of para-hydroxylation sites is 2. The highest BCUT2D eigenvalue weighted by molar-refractivity contribution is 9.10. The fourth-order valence-corrected chi connectivity index (χ4v) is 2.46. The molecule has 0 radical (unpaired) electrons. The highest BCUT2D eigenvalue weighted by Crippen LogP contribution is 2.21. The number of primary amides is 1. The molecule has 3 rings (SSSR count). The number of anilines is 1. The summed E-state index contributed by atoms with van der Waals surface area (Å²) in [5.74, 6) is -0.922. The van der Waals surface area contributed by atoms with Crippen LogP contribution in [0.2, 0.25) is 0 Å². The van der Waals surface area contributed by atoms with E-state index in [0.29, 0.717) is 21.4 Å². The molecule has 2 amide bonds. The molecule has 1 aromatic carbocycles. The Morgan fingerprint density at radius 2 is 1.96 bits per heavy atom. The number of carbonyl (C=O) groups is 2. The molecule has 3 N–H and O–H groups in total. The molecule has 0 aliphatic carbocycles. The summed E-state index contributed by atoms with van der Waals surface area (Å²) in [6.07, 6.45) is 4.67. The molecule has 0 saturated heterocycles. The lowest BCUT2D eigenvalue weighted by Crippen LogP contribution is -2.15. The first kappa shape index (κ1) is 15.9. The summed E-state index contributed by atoms with van der Waals surface area (Å²) in [5.41, 5.74) is 6.93. The van der Waals surface area contributed by atoms with Gasteiger partial charge in [0, 0.05) is 23.1 Å². The van der Waals surface area contributed by atoms with Gasteiger partial charge in [-0.05, 0) is 40.2 Å². The molecule has 0 spiro atoms. The quantitative estimate of drug-likeness (QED) is 0.719. The van der Waals surface area contributed by atoms with Crippen LogP contribution in [0.4, 0.5) is 5.69 Å². The maximum atomic E-state index is 12.4. The predicted octanol–water partition coefficient (Wildman–Crippen LogP) is 2.38. The fraction of sp³-hybridized carbons (Fsp3) is 0. The number of aromatic nitrogens is 3. The molecule has 0 bridgehead atoms. The van der Waals surface area contributed by atoms with Gasteiger partial charge in [-0.2, -0.15) is 5.10 Å². The standard InChI is InChI=1S/C16H12BrN5O2/c17-11-7-10(8-19-9-11)16(24)20-12-3-1-2-4-14(12)22-6-5-13(21-22)15(18)23/h1-9H,(H2,18,23)(H,20,24). The van der Waals surface area contributed by atoms with Gasteiger partial charge in [-0.3, -0.25) is 14.6 Å². The second-order valence-electron chi connectivity index (χ2n) is 4.87. The van der Waals surface area contributed by atoms with Crippen molar-refractivity contribution in [3.8, 4) is 5.69 Å². The van der Waals surface area contributed by atoms with Gasteiger partial charge in [-0.15, -0.1) is 0 Å². The Hall–Kier alpha value is -3.00. The Bertz CT molecular complexity index is 922. The van der Waals surface area contributed by atoms with E-state index in [2.05, 4.69) is 31.3 Å². The van der Waals surface area contributed by atoms with E-state index in [4.69, 9.17) is 5.73 Å². The molecule has 0 aliphatic rings. The molecule has 0 aliphatic heterocycles. The van der Waals surface area contributed by atoms with Crippen LogP contribution in [0.15, 0.2) is 59.5 Å².